The molecule has 0 atom stereocenters. The number of nitrogens with zero attached hydrogens (tertiary/aromatic N) is 4. The average molecular weight is 566 g/mol. The van der Waals surface area contributed by atoms with Crippen molar-refractivity contribution in [2.45, 2.75) is 0 Å². The molecule has 0 aliphatic rings. The summed E-state index contributed by atoms with van der Waals surface area (Å²) in [5.74, 6) is 1.85. The molecular formula is C39H27N5. The van der Waals surface area contributed by atoms with Gasteiger partial charge in [-0.05, 0) is 35.9 Å². The second-order valence-electron chi connectivity index (χ2n) is 10.6. The van der Waals surface area contributed by atoms with E-state index in [-0.39, 0.29) is 0 Å². The maximum Gasteiger partial charge on any atom is 0.238 e. The Morgan fingerprint density at radius 3 is 1.70 bits per heavy atom. The fraction of sp³-hybridized carbons (Fsp3) is 0. The number of benzene rings is 6. The van der Waals surface area contributed by atoms with E-state index in [1.54, 1.807) is 0 Å². The smallest absolute Gasteiger partial charge is 0.238 e. The number of aromatic nitrogens is 4. The number of fused-ring (bicyclic) bond motifs is 3. The van der Waals surface area contributed by atoms with Crippen LogP contribution < -0.4 is 5.32 Å². The van der Waals surface area contributed by atoms with E-state index in [9.17, 15) is 0 Å². The summed E-state index contributed by atoms with van der Waals surface area (Å²) in [5, 5.41) is 5.89. The highest BCUT2D eigenvalue weighted by Gasteiger charge is 2.18. The van der Waals surface area contributed by atoms with Gasteiger partial charge in [-0.15, -0.1) is 0 Å². The van der Waals surface area contributed by atoms with Crippen LogP contribution in [0.4, 0.5) is 11.4 Å². The van der Waals surface area contributed by atoms with Crippen molar-refractivity contribution in [3.63, 3.8) is 0 Å². The maximum atomic E-state index is 5.08. The molecule has 0 aliphatic heterocycles. The fourth-order valence-corrected chi connectivity index (χ4v) is 5.77. The Bertz CT molecular complexity index is 2180. The monoisotopic (exact) mass is 565 g/mol. The molecule has 44 heavy (non-hydrogen) atoms. The summed E-state index contributed by atoms with van der Waals surface area (Å²) in [6.07, 6.45) is 0. The summed E-state index contributed by atoms with van der Waals surface area (Å²) >= 11 is 0. The minimum Gasteiger partial charge on any atom is -0.355 e. The van der Waals surface area contributed by atoms with Crippen molar-refractivity contribution in [2.75, 3.05) is 5.32 Å². The molecule has 6 aromatic carbocycles. The fourth-order valence-electron chi connectivity index (χ4n) is 5.77. The lowest BCUT2D eigenvalue weighted by Crippen LogP contribution is -2.06. The van der Waals surface area contributed by atoms with Crippen molar-refractivity contribution in [3.8, 4) is 39.9 Å². The second-order valence-corrected chi connectivity index (χ2v) is 10.6. The van der Waals surface area contributed by atoms with E-state index < -0.39 is 0 Å². The average Bonchev–Trinajstić information content (AvgIpc) is 3.43. The van der Waals surface area contributed by atoms with Crippen LogP contribution in [-0.4, -0.2) is 19.5 Å². The van der Waals surface area contributed by atoms with Crippen LogP contribution in [0.5, 0.6) is 0 Å². The van der Waals surface area contributed by atoms with E-state index in [0.29, 0.717) is 17.6 Å². The van der Waals surface area contributed by atoms with Crippen LogP contribution in [-0.2, 0) is 0 Å². The van der Waals surface area contributed by atoms with E-state index in [2.05, 4.69) is 88.7 Å². The first-order chi connectivity index (χ1) is 21.8. The molecular weight excluding hydrogens is 538 g/mol. The molecule has 5 heteroatoms. The van der Waals surface area contributed by atoms with Gasteiger partial charge in [-0.3, -0.25) is 4.57 Å². The van der Waals surface area contributed by atoms with E-state index in [1.807, 2.05) is 78.9 Å². The molecule has 2 aromatic heterocycles. The zero-order valence-corrected chi connectivity index (χ0v) is 23.8. The Morgan fingerprint density at radius 2 is 1.00 bits per heavy atom. The zero-order chi connectivity index (χ0) is 29.3. The molecule has 5 nitrogen and oxygen atoms in total. The summed E-state index contributed by atoms with van der Waals surface area (Å²) in [6.45, 7) is 0. The lowest BCUT2D eigenvalue weighted by atomic mass is 10.0. The molecule has 0 aliphatic carbocycles. The predicted octanol–water partition coefficient (Wildman–Crippen LogP) is 9.71. The van der Waals surface area contributed by atoms with E-state index in [4.69, 9.17) is 15.0 Å². The molecule has 0 amide bonds. The quantitative estimate of drug-likeness (QED) is 0.218. The van der Waals surface area contributed by atoms with Gasteiger partial charge in [-0.25, -0.2) is 4.98 Å². The Labute approximate surface area is 255 Å². The van der Waals surface area contributed by atoms with Crippen molar-refractivity contribution in [1.82, 2.24) is 19.5 Å². The third kappa shape index (κ3) is 4.67. The van der Waals surface area contributed by atoms with Crippen LogP contribution in [0.25, 0.3) is 61.7 Å². The molecule has 0 unspecified atom stereocenters. The molecule has 0 saturated carbocycles. The van der Waals surface area contributed by atoms with Gasteiger partial charge in [0.2, 0.25) is 5.95 Å². The summed E-state index contributed by atoms with van der Waals surface area (Å²) in [7, 11) is 0. The van der Waals surface area contributed by atoms with Crippen LogP contribution in [0.15, 0.2) is 158 Å². The van der Waals surface area contributed by atoms with Crippen LogP contribution in [0.1, 0.15) is 0 Å². The molecule has 1 N–H and O–H groups in total. The number of nitrogens with one attached hydrogen (secondary N) is 1. The van der Waals surface area contributed by atoms with Gasteiger partial charge >= 0.3 is 0 Å². The highest BCUT2D eigenvalue weighted by Crippen LogP contribution is 2.37. The second kappa shape index (κ2) is 11.0. The van der Waals surface area contributed by atoms with Gasteiger partial charge in [0.25, 0.3) is 0 Å². The zero-order valence-electron chi connectivity index (χ0n) is 23.8. The molecule has 0 bridgehead atoms. The molecule has 8 rings (SSSR count). The lowest BCUT2D eigenvalue weighted by molar-refractivity contribution is 0.953. The largest absolute Gasteiger partial charge is 0.355 e. The first-order valence-electron chi connectivity index (χ1n) is 14.6. The van der Waals surface area contributed by atoms with Crippen molar-refractivity contribution < 1.29 is 0 Å². The maximum absolute atomic E-state index is 5.08. The van der Waals surface area contributed by atoms with Gasteiger partial charge in [-0.1, -0.05) is 127 Å². The van der Waals surface area contributed by atoms with E-state index in [1.165, 1.54) is 0 Å². The first kappa shape index (κ1) is 25.6. The minimum atomic E-state index is 0.580. The molecule has 0 saturated heterocycles. The van der Waals surface area contributed by atoms with Gasteiger partial charge in [-0.2, -0.15) is 9.97 Å². The first-order valence-corrected chi connectivity index (χ1v) is 14.6. The lowest BCUT2D eigenvalue weighted by Gasteiger charge is -2.14. The Kier molecular flexibility index (Phi) is 6.39. The molecule has 8 aromatic rings. The standard InChI is InChI=1S/C39H27N5/c1-4-14-27(15-5-1)37-41-38(28-16-6-2-7-17-28)43-39(42-37)44-35-23-13-11-21-32(35)33-25-24-29(26-36(33)44)31-20-10-12-22-34(31)40-30-18-8-3-9-19-30/h1-26,40H. The Balaban J connectivity index is 1.36. The van der Waals surface area contributed by atoms with Crippen molar-refractivity contribution in [3.05, 3.63) is 158 Å². The highest BCUT2D eigenvalue weighted by atomic mass is 15.2. The van der Waals surface area contributed by atoms with Crippen LogP contribution >= 0.6 is 0 Å². The topological polar surface area (TPSA) is 55.6 Å². The molecule has 0 spiro atoms. The predicted molar refractivity (Wildman–Crippen MR) is 180 cm³/mol. The van der Waals surface area contributed by atoms with Gasteiger partial charge in [0, 0.05) is 38.8 Å². The van der Waals surface area contributed by atoms with Crippen LogP contribution in [0.2, 0.25) is 0 Å². The normalized spacial score (nSPS) is 11.2. The Morgan fingerprint density at radius 1 is 0.432 bits per heavy atom. The van der Waals surface area contributed by atoms with E-state index >= 15 is 0 Å². The summed E-state index contributed by atoms with van der Waals surface area (Å²) < 4.78 is 2.17. The molecule has 0 fully saturated rings. The van der Waals surface area contributed by atoms with E-state index in [0.717, 1.165) is 55.4 Å². The van der Waals surface area contributed by atoms with Gasteiger partial charge < -0.3 is 5.32 Å². The van der Waals surface area contributed by atoms with Gasteiger partial charge in [0.15, 0.2) is 11.6 Å². The van der Waals surface area contributed by atoms with Crippen LogP contribution in [0.3, 0.4) is 0 Å². The molecule has 208 valence electrons. The summed E-state index contributed by atoms with van der Waals surface area (Å²) in [4.78, 5) is 15.1. The number of hydrogen-bond acceptors (Lipinski definition) is 4. The van der Waals surface area contributed by atoms with Gasteiger partial charge in [0.05, 0.1) is 11.0 Å². The highest BCUT2D eigenvalue weighted by molar-refractivity contribution is 6.10. The third-order valence-corrected chi connectivity index (χ3v) is 7.85. The minimum absolute atomic E-state index is 0.580. The number of anilines is 2. The molecule has 2 heterocycles. The third-order valence-electron chi connectivity index (χ3n) is 7.85. The summed E-state index contributed by atoms with van der Waals surface area (Å²) in [6, 6.07) is 53.9. The van der Waals surface area contributed by atoms with Crippen LogP contribution in [0, 0.1) is 0 Å². The number of para-hydroxylation sites is 3. The summed E-state index contributed by atoms with van der Waals surface area (Å²) in [5.41, 5.74) is 8.25. The number of rotatable bonds is 6. The van der Waals surface area contributed by atoms with Crippen molar-refractivity contribution >= 4 is 33.2 Å². The van der Waals surface area contributed by atoms with Crippen molar-refractivity contribution in [2.24, 2.45) is 0 Å². The number of hydrogen-bond donors (Lipinski definition) is 1. The van der Waals surface area contributed by atoms with Gasteiger partial charge in [0.1, 0.15) is 0 Å². The Hall–Kier alpha value is -6.07. The molecule has 0 radical (unpaired) electrons. The SMILES string of the molecule is c1ccc(Nc2ccccc2-c2ccc3c4ccccc4n(-c4nc(-c5ccccc5)nc(-c5ccccc5)n4)c3c2)cc1. The van der Waals surface area contributed by atoms with Crippen molar-refractivity contribution in [1.29, 1.82) is 0 Å².